The zero-order valence-corrected chi connectivity index (χ0v) is 15.7. The molecule has 2 unspecified atom stereocenters. The smallest absolute Gasteiger partial charge is 0.162 e. The van der Waals surface area contributed by atoms with Crippen molar-refractivity contribution in [2.45, 2.75) is 37.3 Å². The Morgan fingerprint density at radius 1 is 1.07 bits per heavy atom. The van der Waals surface area contributed by atoms with Gasteiger partial charge in [0.25, 0.3) is 0 Å². The molecule has 0 spiro atoms. The maximum atomic E-state index is 13.9. The molecule has 28 heavy (non-hydrogen) atoms. The normalized spacial score (nSPS) is 28.0. The molecule has 4 aliphatic rings. The zero-order valence-electron chi connectivity index (χ0n) is 15.7. The number of allylic oxidation sites excluding steroid dienone is 2. The topological polar surface area (TPSA) is 35.9 Å². The first-order chi connectivity index (χ1) is 13.6. The van der Waals surface area contributed by atoms with E-state index in [2.05, 4.69) is 9.80 Å². The van der Waals surface area contributed by atoms with Crippen molar-refractivity contribution in [3.8, 4) is 0 Å². The summed E-state index contributed by atoms with van der Waals surface area (Å²) in [5.74, 6) is 0.937. The van der Waals surface area contributed by atoms with Gasteiger partial charge >= 0.3 is 0 Å². The molecule has 3 aliphatic heterocycles. The van der Waals surface area contributed by atoms with E-state index in [1.54, 1.807) is 0 Å². The van der Waals surface area contributed by atoms with Gasteiger partial charge in [-0.1, -0.05) is 12.1 Å². The zero-order chi connectivity index (χ0) is 19.3. The first-order valence-corrected chi connectivity index (χ1v) is 10.0. The number of nitrogens with zero attached hydrogens (tertiary/aromatic N) is 3. The summed E-state index contributed by atoms with van der Waals surface area (Å²) in [7, 11) is 0. The van der Waals surface area contributed by atoms with Crippen molar-refractivity contribution in [1.29, 1.82) is 0 Å². The first kappa shape index (κ1) is 17.7. The molecule has 0 radical (unpaired) electrons. The van der Waals surface area contributed by atoms with E-state index in [0.29, 0.717) is 24.5 Å². The highest BCUT2D eigenvalue weighted by Gasteiger charge is 2.44. The SMILES string of the molecule is O=C1CCN2C(CN3CCC(c4ccc(F)cc4)CC3)=NC3C=C(F)C=C1C32. The van der Waals surface area contributed by atoms with Gasteiger partial charge < -0.3 is 4.90 Å². The quantitative estimate of drug-likeness (QED) is 0.804. The van der Waals surface area contributed by atoms with Crippen LogP contribution >= 0.6 is 0 Å². The molecule has 1 aromatic carbocycles. The lowest BCUT2D eigenvalue weighted by atomic mass is 9.86. The van der Waals surface area contributed by atoms with E-state index in [9.17, 15) is 13.6 Å². The molecule has 1 aromatic rings. The average molecular weight is 383 g/mol. The summed E-state index contributed by atoms with van der Waals surface area (Å²) in [5.41, 5.74) is 1.78. The summed E-state index contributed by atoms with van der Waals surface area (Å²) >= 11 is 0. The molecule has 5 rings (SSSR count). The molecule has 0 amide bonds. The van der Waals surface area contributed by atoms with Crippen molar-refractivity contribution < 1.29 is 13.6 Å². The van der Waals surface area contributed by atoms with E-state index < -0.39 is 0 Å². The molecule has 2 fully saturated rings. The molecule has 3 heterocycles. The number of benzene rings is 1. The number of rotatable bonds is 3. The van der Waals surface area contributed by atoms with E-state index in [4.69, 9.17) is 4.99 Å². The maximum absolute atomic E-state index is 13.9. The number of ketones is 1. The second kappa shape index (κ2) is 6.92. The number of aliphatic imine (C=N–C) groups is 1. The molecule has 0 aromatic heterocycles. The molecule has 0 bridgehead atoms. The van der Waals surface area contributed by atoms with Crippen LogP contribution in [0.15, 0.2) is 52.8 Å². The van der Waals surface area contributed by atoms with Crippen molar-refractivity contribution in [1.82, 2.24) is 9.80 Å². The fourth-order valence-corrected chi connectivity index (χ4v) is 4.96. The fraction of sp³-hybridized carbons (Fsp3) is 0.455. The van der Waals surface area contributed by atoms with Crippen LogP contribution in [0.5, 0.6) is 0 Å². The van der Waals surface area contributed by atoms with Gasteiger partial charge in [-0.25, -0.2) is 8.78 Å². The van der Waals surface area contributed by atoms with Crippen LogP contribution in [-0.2, 0) is 4.79 Å². The minimum absolute atomic E-state index is 0.0473. The second-order valence-corrected chi connectivity index (χ2v) is 8.10. The van der Waals surface area contributed by atoms with Gasteiger partial charge in [0.2, 0.25) is 0 Å². The van der Waals surface area contributed by atoms with Gasteiger partial charge in [-0.3, -0.25) is 14.7 Å². The standard InChI is InChI=1S/C22H23F2N3O/c23-16-3-1-14(2-4-16)15-5-8-26(9-6-15)13-21-25-19-12-17(24)11-18-20(28)7-10-27(21)22(18)19/h1-4,11-12,15,19,22H,5-10,13H2. The number of likely N-dealkylation sites (tertiary alicyclic amines) is 1. The van der Waals surface area contributed by atoms with Gasteiger partial charge in [-0.05, 0) is 61.7 Å². The predicted octanol–water partition coefficient (Wildman–Crippen LogP) is 3.22. The van der Waals surface area contributed by atoms with E-state index in [1.807, 2.05) is 12.1 Å². The number of hydrogen-bond donors (Lipinski definition) is 0. The Balaban J connectivity index is 1.25. The van der Waals surface area contributed by atoms with Gasteiger partial charge in [-0.2, -0.15) is 0 Å². The molecule has 6 heteroatoms. The number of Topliss-reactive ketones (excluding diaryl/α,β-unsaturated/α-hetero) is 1. The second-order valence-electron chi connectivity index (χ2n) is 8.10. The summed E-state index contributed by atoms with van der Waals surface area (Å²) in [5, 5.41) is 0. The summed E-state index contributed by atoms with van der Waals surface area (Å²) in [6, 6.07) is 6.45. The Labute approximate surface area is 163 Å². The van der Waals surface area contributed by atoms with Crippen molar-refractivity contribution in [3.63, 3.8) is 0 Å². The minimum atomic E-state index is -0.350. The van der Waals surface area contributed by atoms with Crippen LogP contribution in [0.4, 0.5) is 8.78 Å². The summed E-state index contributed by atoms with van der Waals surface area (Å²) in [6.45, 7) is 3.31. The van der Waals surface area contributed by atoms with Crippen LogP contribution in [0.25, 0.3) is 0 Å². The lowest BCUT2D eigenvalue weighted by Gasteiger charge is -2.38. The largest absolute Gasteiger partial charge is 0.349 e. The molecule has 0 saturated carbocycles. The third kappa shape index (κ3) is 3.09. The van der Waals surface area contributed by atoms with E-state index in [-0.39, 0.29) is 29.5 Å². The molecular formula is C22H23F2N3O. The molecule has 1 aliphatic carbocycles. The Morgan fingerprint density at radius 3 is 2.57 bits per heavy atom. The predicted molar refractivity (Wildman–Crippen MR) is 103 cm³/mol. The Kier molecular flexibility index (Phi) is 4.38. The van der Waals surface area contributed by atoms with Crippen LogP contribution in [0.2, 0.25) is 0 Å². The average Bonchev–Trinajstić information content (AvgIpc) is 3.03. The highest BCUT2D eigenvalue weighted by Crippen LogP contribution is 2.36. The van der Waals surface area contributed by atoms with E-state index in [0.717, 1.165) is 38.3 Å². The van der Waals surface area contributed by atoms with Crippen LogP contribution < -0.4 is 0 Å². The van der Waals surface area contributed by atoms with Crippen LogP contribution in [0.1, 0.15) is 30.7 Å². The van der Waals surface area contributed by atoms with Crippen molar-refractivity contribution in [2.75, 3.05) is 26.2 Å². The van der Waals surface area contributed by atoms with Gasteiger partial charge in [-0.15, -0.1) is 0 Å². The van der Waals surface area contributed by atoms with E-state index in [1.165, 1.54) is 29.8 Å². The van der Waals surface area contributed by atoms with Crippen LogP contribution in [0.3, 0.4) is 0 Å². The van der Waals surface area contributed by atoms with Crippen LogP contribution in [-0.4, -0.2) is 59.7 Å². The highest BCUT2D eigenvalue weighted by atomic mass is 19.1. The highest BCUT2D eigenvalue weighted by molar-refractivity contribution is 6.02. The number of piperidine rings is 2. The van der Waals surface area contributed by atoms with Crippen LogP contribution in [0, 0.1) is 5.82 Å². The number of carbonyl (C=O) groups excluding carboxylic acids is 1. The number of carbonyl (C=O) groups is 1. The van der Waals surface area contributed by atoms with Gasteiger partial charge in [0.05, 0.1) is 18.6 Å². The fourth-order valence-electron chi connectivity index (χ4n) is 4.96. The van der Waals surface area contributed by atoms with Crippen molar-refractivity contribution in [3.05, 3.63) is 59.2 Å². The lowest BCUT2D eigenvalue weighted by Crippen LogP contribution is -2.51. The molecular weight excluding hydrogens is 360 g/mol. The molecule has 2 atom stereocenters. The van der Waals surface area contributed by atoms with Crippen molar-refractivity contribution >= 4 is 11.6 Å². The number of hydrogen-bond acceptors (Lipinski definition) is 4. The van der Waals surface area contributed by atoms with Gasteiger partial charge in [0.1, 0.15) is 17.5 Å². The van der Waals surface area contributed by atoms with Gasteiger partial charge in [0, 0.05) is 18.5 Å². The minimum Gasteiger partial charge on any atom is -0.349 e. The molecule has 2 saturated heterocycles. The molecule has 4 nitrogen and oxygen atoms in total. The van der Waals surface area contributed by atoms with Gasteiger partial charge in [0.15, 0.2) is 5.78 Å². The Morgan fingerprint density at radius 2 is 1.82 bits per heavy atom. The molecule has 0 N–H and O–H groups in total. The van der Waals surface area contributed by atoms with E-state index >= 15 is 0 Å². The third-order valence-electron chi connectivity index (χ3n) is 6.43. The van der Waals surface area contributed by atoms with Crippen molar-refractivity contribution in [2.24, 2.45) is 4.99 Å². The monoisotopic (exact) mass is 383 g/mol. The summed E-state index contributed by atoms with van der Waals surface area (Å²) < 4.78 is 27.1. The Hall–Kier alpha value is -2.34. The Bertz CT molecular complexity index is 882. The third-order valence-corrected chi connectivity index (χ3v) is 6.43. The summed E-state index contributed by atoms with van der Waals surface area (Å²) in [4.78, 5) is 21.6. The number of halogens is 2. The molecule has 146 valence electrons. The first-order valence-electron chi connectivity index (χ1n) is 10.0. The summed E-state index contributed by atoms with van der Waals surface area (Å²) in [6.07, 6.45) is 5.41. The lowest BCUT2D eigenvalue weighted by molar-refractivity contribution is -0.117. The number of amidine groups is 1. The maximum Gasteiger partial charge on any atom is 0.162 e.